The number of amidine groups is 1. The van der Waals surface area contributed by atoms with Crippen molar-refractivity contribution >= 4 is 22.6 Å². The highest BCUT2D eigenvalue weighted by atomic mass is 19.3. The molecule has 0 amide bonds. The fourth-order valence-corrected chi connectivity index (χ4v) is 3.69. The van der Waals surface area contributed by atoms with Crippen molar-refractivity contribution in [1.29, 1.82) is 0 Å². The van der Waals surface area contributed by atoms with Gasteiger partial charge in [0.05, 0.1) is 17.5 Å². The monoisotopic (exact) mass is 361 g/mol. The summed E-state index contributed by atoms with van der Waals surface area (Å²) in [5.74, 6) is -2.22. The van der Waals surface area contributed by atoms with Gasteiger partial charge in [-0.25, -0.2) is 18.8 Å². The number of aliphatic imine (C=N–C) groups is 1. The Hall–Kier alpha value is -2.35. The topological polar surface area (TPSA) is 77.4 Å². The fraction of sp³-hybridized carbons (Fsp3) is 0.500. The van der Waals surface area contributed by atoms with Crippen molar-refractivity contribution in [3.05, 3.63) is 29.6 Å². The van der Waals surface area contributed by atoms with Gasteiger partial charge >= 0.3 is 0 Å². The Labute approximate surface area is 149 Å². The molecule has 138 valence electrons. The second-order valence-electron chi connectivity index (χ2n) is 6.96. The van der Waals surface area contributed by atoms with E-state index in [4.69, 9.17) is 0 Å². The molecule has 1 unspecified atom stereocenters. The maximum Gasteiger partial charge on any atom is 0.269 e. The van der Waals surface area contributed by atoms with E-state index in [1.807, 2.05) is 4.90 Å². The van der Waals surface area contributed by atoms with E-state index in [9.17, 15) is 13.9 Å². The second-order valence-corrected chi connectivity index (χ2v) is 6.96. The first-order chi connectivity index (χ1) is 12.4. The normalized spacial score (nSPS) is 22.1. The summed E-state index contributed by atoms with van der Waals surface area (Å²) >= 11 is 0. The molecule has 0 spiro atoms. The number of halogens is 2. The number of aliphatic hydroxyl groups excluding tert-OH is 1. The standard InChI is InChI=1S/C18H21F2N5O/c1-18(19,20)13-6-7-14(25-9-3-4-11(26)10-25)22-16(13)15-12-5-2-8-21-17(12)24-23-15/h2,5,8,11,26H,3-4,6-7,9-10H2,1H3,(H,21,23,24). The molecular weight excluding hydrogens is 340 g/mol. The lowest BCUT2D eigenvalue weighted by molar-refractivity contribution is 0.0597. The van der Waals surface area contributed by atoms with Crippen LogP contribution in [0, 0.1) is 0 Å². The van der Waals surface area contributed by atoms with Gasteiger partial charge in [-0.2, -0.15) is 5.10 Å². The minimum Gasteiger partial charge on any atom is -0.391 e. The summed E-state index contributed by atoms with van der Waals surface area (Å²) in [6.07, 6.45) is 3.52. The van der Waals surface area contributed by atoms with Crippen LogP contribution >= 0.6 is 0 Å². The van der Waals surface area contributed by atoms with Crippen LogP contribution in [0.3, 0.4) is 0 Å². The van der Waals surface area contributed by atoms with Gasteiger partial charge in [-0.15, -0.1) is 0 Å². The summed E-state index contributed by atoms with van der Waals surface area (Å²) in [7, 11) is 0. The number of pyridine rings is 1. The van der Waals surface area contributed by atoms with Gasteiger partial charge in [-0.3, -0.25) is 5.10 Å². The summed E-state index contributed by atoms with van der Waals surface area (Å²) in [5.41, 5.74) is 1.20. The SMILES string of the molecule is CC(F)(F)C1=C(c2[nH]nc3ncccc23)N=C(N2CCCC(O)C2)CC1. The first kappa shape index (κ1) is 17.1. The minimum absolute atomic E-state index is 0.00760. The lowest BCUT2D eigenvalue weighted by Gasteiger charge is -2.35. The molecule has 4 heterocycles. The van der Waals surface area contributed by atoms with Gasteiger partial charge in [0.25, 0.3) is 5.92 Å². The van der Waals surface area contributed by atoms with Gasteiger partial charge < -0.3 is 10.0 Å². The third-order valence-corrected chi connectivity index (χ3v) is 4.98. The zero-order valence-corrected chi connectivity index (χ0v) is 14.5. The largest absolute Gasteiger partial charge is 0.391 e. The number of fused-ring (bicyclic) bond motifs is 1. The van der Waals surface area contributed by atoms with Crippen LogP contribution in [0.4, 0.5) is 8.78 Å². The number of hydrogen-bond donors (Lipinski definition) is 2. The zero-order chi connectivity index (χ0) is 18.3. The number of allylic oxidation sites excluding steroid dienone is 1. The molecule has 1 atom stereocenters. The lowest BCUT2D eigenvalue weighted by Crippen LogP contribution is -2.43. The third-order valence-electron chi connectivity index (χ3n) is 4.98. The average molecular weight is 361 g/mol. The van der Waals surface area contributed by atoms with E-state index in [0.717, 1.165) is 32.1 Å². The Morgan fingerprint density at radius 1 is 1.35 bits per heavy atom. The number of nitrogens with one attached hydrogen (secondary N) is 1. The van der Waals surface area contributed by atoms with Crippen molar-refractivity contribution in [3.8, 4) is 0 Å². The molecule has 2 aromatic heterocycles. The van der Waals surface area contributed by atoms with Crippen molar-refractivity contribution in [1.82, 2.24) is 20.1 Å². The first-order valence-corrected chi connectivity index (χ1v) is 8.85. The Bertz CT molecular complexity index is 883. The third kappa shape index (κ3) is 3.09. The number of piperidine rings is 1. The molecule has 26 heavy (non-hydrogen) atoms. The number of aromatic amines is 1. The average Bonchev–Trinajstić information content (AvgIpc) is 3.04. The van der Waals surface area contributed by atoms with Crippen molar-refractivity contribution < 1.29 is 13.9 Å². The number of hydrogen-bond acceptors (Lipinski definition) is 5. The van der Waals surface area contributed by atoms with Crippen LogP contribution in [-0.2, 0) is 0 Å². The molecule has 8 heteroatoms. The Morgan fingerprint density at radius 2 is 2.19 bits per heavy atom. The molecule has 2 aliphatic heterocycles. The van der Waals surface area contributed by atoms with E-state index in [1.165, 1.54) is 0 Å². The van der Waals surface area contributed by atoms with Crippen LogP contribution < -0.4 is 0 Å². The van der Waals surface area contributed by atoms with E-state index in [2.05, 4.69) is 20.2 Å². The van der Waals surface area contributed by atoms with Crippen molar-refractivity contribution in [2.45, 2.75) is 44.6 Å². The number of β-amino-alcohol motifs (C(OH)–C–C–N with tert-alkyl or cyclic N) is 1. The van der Waals surface area contributed by atoms with Gasteiger partial charge in [0.2, 0.25) is 0 Å². The lowest BCUT2D eigenvalue weighted by atomic mass is 9.95. The van der Waals surface area contributed by atoms with E-state index >= 15 is 0 Å². The molecule has 0 aromatic carbocycles. The molecule has 1 saturated heterocycles. The predicted molar refractivity (Wildman–Crippen MR) is 94.9 cm³/mol. The van der Waals surface area contributed by atoms with Crippen LogP contribution in [0.25, 0.3) is 16.7 Å². The van der Waals surface area contributed by atoms with Crippen LogP contribution in [0.5, 0.6) is 0 Å². The summed E-state index contributed by atoms with van der Waals surface area (Å²) in [6.45, 7) is 2.19. The molecular formula is C18H21F2N5O. The highest BCUT2D eigenvalue weighted by molar-refractivity contribution is 5.96. The molecule has 6 nitrogen and oxygen atoms in total. The van der Waals surface area contributed by atoms with E-state index in [-0.39, 0.29) is 17.7 Å². The highest BCUT2D eigenvalue weighted by Crippen LogP contribution is 2.39. The smallest absolute Gasteiger partial charge is 0.269 e. The van der Waals surface area contributed by atoms with Gasteiger partial charge in [0.1, 0.15) is 5.84 Å². The number of H-pyrrole nitrogens is 1. The summed E-state index contributed by atoms with van der Waals surface area (Å²) in [6, 6.07) is 3.55. The maximum atomic E-state index is 14.3. The first-order valence-electron chi connectivity index (χ1n) is 8.85. The number of aliphatic hydroxyl groups is 1. The van der Waals surface area contributed by atoms with Crippen molar-refractivity contribution in [3.63, 3.8) is 0 Å². The number of nitrogens with zero attached hydrogens (tertiary/aromatic N) is 4. The second kappa shape index (κ2) is 6.42. The highest BCUT2D eigenvalue weighted by Gasteiger charge is 2.35. The quantitative estimate of drug-likeness (QED) is 0.862. The summed E-state index contributed by atoms with van der Waals surface area (Å²) in [4.78, 5) is 10.8. The Balaban J connectivity index is 1.81. The van der Waals surface area contributed by atoms with Crippen LogP contribution in [0.2, 0.25) is 0 Å². The zero-order valence-electron chi connectivity index (χ0n) is 14.5. The maximum absolute atomic E-state index is 14.3. The molecule has 0 bridgehead atoms. The summed E-state index contributed by atoms with van der Waals surface area (Å²) in [5, 5.41) is 17.6. The number of alkyl halides is 2. The molecule has 0 radical (unpaired) electrons. The molecule has 0 saturated carbocycles. The van der Waals surface area contributed by atoms with E-state index < -0.39 is 12.0 Å². The number of rotatable bonds is 2. The van der Waals surface area contributed by atoms with E-state index in [0.29, 0.717) is 29.7 Å². The minimum atomic E-state index is -2.97. The number of likely N-dealkylation sites (tertiary alicyclic amines) is 1. The Morgan fingerprint density at radius 3 is 2.96 bits per heavy atom. The molecule has 2 N–H and O–H groups in total. The van der Waals surface area contributed by atoms with Crippen LogP contribution in [-0.4, -0.2) is 56.1 Å². The van der Waals surface area contributed by atoms with Crippen molar-refractivity contribution in [2.75, 3.05) is 13.1 Å². The molecule has 4 rings (SSSR count). The van der Waals surface area contributed by atoms with Crippen LogP contribution in [0.1, 0.15) is 38.3 Å². The molecule has 0 aliphatic carbocycles. The summed E-state index contributed by atoms with van der Waals surface area (Å²) < 4.78 is 28.5. The predicted octanol–water partition coefficient (Wildman–Crippen LogP) is 2.97. The van der Waals surface area contributed by atoms with Crippen LogP contribution in [0.15, 0.2) is 28.9 Å². The molecule has 2 aromatic rings. The van der Waals surface area contributed by atoms with Gasteiger partial charge in [0, 0.05) is 43.6 Å². The van der Waals surface area contributed by atoms with E-state index in [1.54, 1.807) is 18.3 Å². The number of aromatic nitrogens is 3. The van der Waals surface area contributed by atoms with Gasteiger partial charge in [-0.05, 0) is 31.4 Å². The van der Waals surface area contributed by atoms with Crippen molar-refractivity contribution in [2.24, 2.45) is 4.99 Å². The van der Waals surface area contributed by atoms with Gasteiger partial charge in [-0.1, -0.05) is 0 Å². The fourth-order valence-electron chi connectivity index (χ4n) is 3.69. The van der Waals surface area contributed by atoms with Gasteiger partial charge in [0.15, 0.2) is 5.65 Å². The molecule has 1 fully saturated rings. The Kier molecular flexibility index (Phi) is 4.22. The molecule has 2 aliphatic rings.